The van der Waals surface area contributed by atoms with Crippen LogP contribution in [0.15, 0.2) is 60.7 Å². The predicted octanol–water partition coefficient (Wildman–Crippen LogP) is 5.18. The second-order valence-electron chi connectivity index (χ2n) is 12.2. The highest BCUT2D eigenvalue weighted by molar-refractivity contribution is 5.93. The van der Waals surface area contributed by atoms with Crippen molar-refractivity contribution >= 4 is 35.1 Å². The highest BCUT2D eigenvalue weighted by Gasteiger charge is 2.27. The van der Waals surface area contributed by atoms with Crippen LogP contribution in [0, 0.1) is 5.92 Å². The number of carboxylic acid groups (broad SMARTS) is 2. The molecule has 45 heavy (non-hydrogen) atoms. The second kappa shape index (κ2) is 17.5. The van der Waals surface area contributed by atoms with Crippen molar-refractivity contribution in [3.05, 3.63) is 71.8 Å². The maximum atomic E-state index is 12.5. The molecular formula is C35H46N4O6. The Morgan fingerprint density at radius 3 is 1.36 bits per heavy atom. The molecule has 5 rings (SSSR count). The van der Waals surface area contributed by atoms with Gasteiger partial charge < -0.3 is 20.8 Å². The number of benzene rings is 2. The molecule has 2 aliphatic heterocycles. The number of amides is 2. The summed E-state index contributed by atoms with van der Waals surface area (Å²) < 4.78 is 0. The van der Waals surface area contributed by atoms with Gasteiger partial charge in [0.2, 0.25) is 11.8 Å². The molecule has 2 aromatic carbocycles. The zero-order chi connectivity index (χ0) is 32.0. The summed E-state index contributed by atoms with van der Waals surface area (Å²) in [5, 5.41) is 21.8. The van der Waals surface area contributed by atoms with Crippen LogP contribution in [0.25, 0.3) is 0 Å². The standard InChI is InChI=1S/C31H42N4O2.C4H4O4/c36-29(22-34-18-4-5-19-34)32-27-14-10-25(11-15-27)31(24-8-2-1-3-9-24)26-12-16-28(17-13-26)33-30(37)23-35-20-6-7-21-35;5-3(6)1-2-4(7)8/h10-17,24,31H,1-9,18-23H2,(H,32,36)(H,33,37);1-2H,(H,5,6)(H,7,8)/b;2-1-. The van der Waals surface area contributed by atoms with Crippen LogP contribution in [0.2, 0.25) is 0 Å². The van der Waals surface area contributed by atoms with E-state index in [1.165, 1.54) is 68.9 Å². The monoisotopic (exact) mass is 618 g/mol. The Bertz CT molecular complexity index is 1200. The van der Waals surface area contributed by atoms with Gasteiger partial charge in [-0.1, -0.05) is 43.5 Å². The molecule has 2 aromatic rings. The van der Waals surface area contributed by atoms with Crippen molar-refractivity contribution in [1.82, 2.24) is 9.80 Å². The molecule has 3 fully saturated rings. The smallest absolute Gasteiger partial charge is 0.328 e. The Balaban J connectivity index is 0.000000510. The normalized spacial score (nSPS) is 17.6. The fourth-order valence-corrected chi connectivity index (χ4v) is 6.58. The molecule has 2 saturated heterocycles. The summed E-state index contributed by atoms with van der Waals surface area (Å²) in [5.41, 5.74) is 4.34. The highest BCUT2D eigenvalue weighted by atomic mass is 16.4. The van der Waals surface area contributed by atoms with E-state index in [0.717, 1.165) is 37.6 Å². The summed E-state index contributed by atoms with van der Waals surface area (Å²) in [6.45, 7) is 5.06. The van der Waals surface area contributed by atoms with Gasteiger partial charge in [-0.25, -0.2) is 9.59 Å². The van der Waals surface area contributed by atoms with Crippen LogP contribution in [0.1, 0.15) is 74.8 Å². The van der Waals surface area contributed by atoms with Crippen LogP contribution in [0.3, 0.4) is 0 Å². The Kier molecular flexibility index (Phi) is 13.1. The largest absolute Gasteiger partial charge is 0.478 e. The molecule has 0 bridgehead atoms. The van der Waals surface area contributed by atoms with Crippen molar-refractivity contribution in [3.63, 3.8) is 0 Å². The minimum atomic E-state index is -1.26. The van der Waals surface area contributed by atoms with Crippen molar-refractivity contribution < 1.29 is 29.4 Å². The van der Waals surface area contributed by atoms with Gasteiger partial charge in [0.15, 0.2) is 0 Å². The van der Waals surface area contributed by atoms with Crippen LogP contribution >= 0.6 is 0 Å². The van der Waals surface area contributed by atoms with Gasteiger partial charge in [-0.05, 0) is 106 Å². The maximum Gasteiger partial charge on any atom is 0.328 e. The Hall–Kier alpha value is -4.02. The van der Waals surface area contributed by atoms with E-state index in [2.05, 4.69) is 69.0 Å². The minimum absolute atomic E-state index is 0.0702. The van der Waals surface area contributed by atoms with Crippen molar-refractivity contribution in [2.45, 2.75) is 63.7 Å². The third-order valence-electron chi connectivity index (χ3n) is 8.73. The average molecular weight is 619 g/mol. The summed E-state index contributed by atoms with van der Waals surface area (Å²) in [7, 11) is 0. The number of aliphatic carboxylic acids is 2. The topological polar surface area (TPSA) is 139 Å². The van der Waals surface area contributed by atoms with Crippen LogP contribution in [0.4, 0.5) is 11.4 Å². The number of carboxylic acids is 2. The van der Waals surface area contributed by atoms with Crippen molar-refractivity contribution in [3.8, 4) is 0 Å². The number of rotatable bonds is 11. The zero-order valence-electron chi connectivity index (χ0n) is 26.0. The molecule has 4 N–H and O–H groups in total. The molecule has 0 radical (unpaired) electrons. The molecule has 1 saturated carbocycles. The van der Waals surface area contributed by atoms with Gasteiger partial charge in [-0.2, -0.15) is 0 Å². The van der Waals surface area contributed by atoms with Crippen LogP contribution < -0.4 is 10.6 Å². The first-order chi connectivity index (χ1) is 21.8. The quantitative estimate of drug-likeness (QED) is 0.253. The first-order valence-corrected chi connectivity index (χ1v) is 16.1. The Morgan fingerprint density at radius 1 is 0.622 bits per heavy atom. The third kappa shape index (κ3) is 11.4. The lowest BCUT2D eigenvalue weighted by Crippen LogP contribution is -2.30. The first kappa shape index (κ1) is 33.9. The molecule has 242 valence electrons. The molecule has 0 aromatic heterocycles. The molecular weight excluding hydrogens is 572 g/mol. The van der Waals surface area contributed by atoms with Crippen LogP contribution in [-0.2, 0) is 19.2 Å². The lowest BCUT2D eigenvalue weighted by Gasteiger charge is -2.31. The molecule has 0 atom stereocenters. The maximum absolute atomic E-state index is 12.5. The molecule has 3 aliphatic rings. The van der Waals surface area contributed by atoms with E-state index in [0.29, 0.717) is 37.1 Å². The molecule has 1 aliphatic carbocycles. The van der Waals surface area contributed by atoms with Gasteiger partial charge in [-0.15, -0.1) is 0 Å². The number of carbonyl (C=O) groups is 4. The summed E-state index contributed by atoms with van der Waals surface area (Å²) >= 11 is 0. The summed E-state index contributed by atoms with van der Waals surface area (Å²) in [6.07, 6.45) is 12.3. The van der Waals surface area contributed by atoms with Gasteiger partial charge in [0.25, 0.3) is 0 Å². The summed E-state index contributed by atoms with van der Waals surface area (Å²) in [5.74, 6) is -1.44. The van der Waals surface area contributed by atoms with Gasteiger partial charge in [0.05, 0.1) is 13.1 Å². The number of carbonyl (C=O) groups excluding carboxylic acids is 2. The van der Waals surface area contributed by atoms with E-state index in [9.17, 15) is 19.2 Å². The Morgan fingerprint density at radius 2 is 1.00 bits per heavy atom. The summed E-state index contributed by atoms with van der Waals surface area (Å²) in [6, 6.07) is 17.0. The molecule has 10 nitrogen and oxygen atoms in total. The third-order valence-corrected chi connectivity index (χ3v) is 8.73. The first-order valence-electron chi connectivity index (χ1n) is 16.1. The van der Waals surface area contributed by atoms with E-state index in [1.54, 1.807) is 0 Å². The molecule has 0 unspecified atom stereocenters. The van der Waals surface area contributed by atoms with E-state index >= 15 is 0 Å². The lowest BCUT2D eigenvalue weighted by atomic mass is 9.73. The van der Waals surface area contributed by atoms with Gasteiger partial charge in [0.1, 0.15) is 0 Å². The SMILES string of the molecule is O=C(CN1CCCC1)Nc1ccc(C(c2ccc(NC(=O)CN3CCCC3)cc2)C2CCCCC2)cc1.O=C(O)/C=C\C(=O)O. The summed E-state index contributed by atoms with van der Waals surface area (Å²) in [4.78, 5) is 48.5. The van der Waals surface area contributed by atoms with Gasteiger partial charge in [0, 0.05) is 29.4 Å². The van der Waals surface area contributed by atoms with Crippen LogP contribution in [-0.4, -0.2) is 83.0 Å². The number of nitrogens with zero attached hydrogens (tertiary/aromatic N) is 2. The fourth-order valence-electron chi connectivity index (χ4n) is 6.58. The van der Waals surface area contributed by atoms with Crippen molar-refractivity contribution in [2.24, 2.45) is 5.92 Å². The zero-order valence-corrected chi connectivity index (χ0v) is 26.0. The van der Waals surface area contributed by atoms with Crippen molar-refractivity contribution in [1.29, 1.82) is 0 Å². The number of likely N-dealkylation sites (tertiary alicyclic amines) is 2. The number of hydrogen-bond donors (Lipinski definition) is 4. The number of nitrogens with one attached hydrogen (secondary N) is 2. The lowest BCUT2D eigenvalue weighted by molar-refractivity contribution is -0.134. The van der Waals surface area contributed by atoms with E-state index in [-0.39, 0.29) is 11.8 Å². The minimum Gasteiger partial charge on any atom is -0.478 e. The number of hydrogen-bond acceptors (Lipinski definition) is 6. The molecule has 10 heteroatoms. The molecule has 0 spiro atoms. The Labute approximate surface area is 265 Å². The molecule has 2 heterocycles. The average Bonchev–Trinajstić information content (AvgIpc) is 3.74. The highest BCUT2D eigenvalue weighted by Crippen LogP contribution is 2.41. The fraction of sp³-hybridized carbons (Fsp3) is 0.486. The second-order valence-corrected chi connectivity index (χ2v) is 12.2. The van der Waals surface area contributed by atoms with E-state index in [4.69, 9.17) is 10.2 Å². The molecule has 2 amide bonds. The number of anilines is 2. The van der Waals surface area contributed by atoms with Crippen molar-refractivity contribution in [2.75, 3.05) is 49.9 Å². The van der Waals surface area contributed by atoms with Crippen LogP contribution in [0.5, 0.6) is 0 Å². The van der Waals surface area contributed by atoms with Gasteiger partial charge in [-0.3, -0.25) is 19.4 Å². The van der Waals surface area contributed by atoms with Gasteiger partial charge >= 0.3 is 11.9 Å². The van der Waals surface area contributed by atoms with E-state index < -0.39 is 11.9 Å². The van der Waals surface area contributed by atoms with E-state index in [1.807, 2.05) is 0 Å². The predicted molar refractivity (Wildman–Crippen MR) is 174 cm³/mol.